The summed E-state index contributed by atoms with van der Waals surface area (Å²) >= 11 is 0. The Labute approximate surface area is 207 Å². The van der Waals surface area contributed by atoms with Gasteiger partial charge in [-0.25, -0.2) is 9.59 Å². The number of ether oxygens (including phenoxy) is 3. The van der Waals surface area contributed by atoms with Crippen LogP contribution < -0.4 is 10.1 Å². The summed E-state index contributed by atoms with van der Waals surface area (Å²) in [6.45, 7) is 7.54. The van der Waals surface area contributed by atoms with E-state index in [2.05, 4.69) is 10.3 Å². The molecule has 35 heavy (non-hydrogen) atoms. The first-order valence-electron chi connectivity index (χ1n) is 12.2. The summed E-state index contributed by atoms with van der Waals surface area (Å²) in [7, 11) is 0. The molecule has 8 nitrogen and oxygen atoms in total. The molecule has 1 aliphatic rings. The van der Waals surface area contributed by atoms with Crippen LogP contribution in [0, 0.1) is 0 Å². The number of benzene rings is 1. The van der Waals surface area contributed by atoms with Gasteiger partial charge in [0.15, 0.2) is 6.10 Å². The lowest BCUT2D eigenvalue weighted by Gasteiger charge is -2.30. The Morgan fingerprint density at radius 2 is 1.83 bits per heavy atom. The van der Waals surface area contributed by atoms with Crippen LogP contribution in [0.2, 0.25) is 0 Å². The summed E-state index contributed by atoms with van der Waals surface area (Å²) < 4.78 is 17.3. The summed E-state index contributed by atoms with van der Waals surface area (Å²) in [4.78, 5) is 28.0. The van der Waals surface area contributed by atoms with Gasteiger partial charge in [0.25, 0.3) is 0 Å². The number of amides is 1. The average molecular weight is 485 g/mol. The van der Waals surface area contributed by atoms with Gasteiger partial charge < -0.3 is 19.3 Å². The van der Waals surface area contributed by atoms with E-state index in [9.17, 15) is 14.7 Å². The number of anilines is 1. The number of hydrogen-bond donors (Lipinski definition) is 2. The summed E-state index contributed by atoms with van der Waals surface area (Å²) in [6, 6.07) is 11.3. The maximum atomic E-state index is 12.2. The van der Waals surface area contributed by atoms with Crippen molar-refractivity contribution in [2.45, 2.75) is 90.1 Å². The van der Waals surface area contributed by atoms with E-state index in [4.69, 9.17) is 14.2 Å². The van der Waals surface area contributed by atoms with Crippen LogP contribution in [0.4, 0.5) is 10.5 Å². The Morgan fingerprint density at radius 1 is 1.11 bits per heavy atom. The molecule has 8 heteroatoms. The van der Waals surface area contributed by atoms with Crippen molar-refractivity contribution in [3.63, 3.8) is 0 Å². The van der Waals surface area contributed by atoms with E-state index in [0.29, 0.717) is 23.6 Å². The third kappa shape index (κ3) is 7.96. The molecule has 0 aliphatic heterocycles. The van der Waals surface area contributed by atoms with Gasteiger partial charge in [0.1, 0.15) is 11.4 Å². The van der Waals surface area contributed by atoms with Crippen LogP contribution in [-0.4, -0.2) is 40.0 Å². The minimum atomic E-state index is -0.950. The Balaban J connectivity index is 1.55. The van der Waals surface area contributed by atoms with Gasteiger partial charge in [0.05, 0.1) is 24.1 Å². The molecule has 1 aliphatic carbocycles. The molecule has 1 amide bonds. The molecule has 1 aromatic carbocycles. The first-order valence-corrected chi connectivity index (χ1v) is 12.2. The molecule has 1 atom stereocenters. The second-order valence-corrected chi connectivity index (χ2v) is 9.80. The topological polar surface area (TPSA) is 107 Å². The van der Waals surface area contributed by atoms with Crippen LogP contribution in [0.5, 0.6) is 5.75 Å². The number of carbonyl (C=O) groups excluding carboxylic acids is 1. The van der Waals surface area contributed by atoms with Crippen molar-refractivity contribution in [1.29, 1.82) is 0 Å². The van der Waals surface area contributed by atoms with Crippen molar-refractivity contribution < 1.29 is 28.9 Å². The number of hydrogen-bond acceptors (Lipinski definition) is 6. The summed E-state index contributed by atoms with van der Waals surface area (Å²) in [6.07, 6.45) is 4.36. The number of rotatable bonds is 9. The summed E-state index contributed by atoms with van der Waals surface area (Å²) in [5.74, 6) is -0.0106. The maximum absolute atomic E-state index is 12.2. The zero-order chi connectivity index (χ0) is 25.4. The molecule has 0 bridgehead atoms. The minimum absolute atomic E-state index is 0.0816. The molecule has 190 valence electrons. The predicted octanol–water partition coefficient (Wildman–Crippen LogP) is 5.91. The van der Waals surface area contributed by atoms with E-state index in [1.54, 1.807) is 25.3 Å². The van der Waals surface area contributed by atoms with Crippen LogP contribution in [0.3, 0.4) is 0 Å². The number of carboxylic acid groups (broad SMARTS) is 1. The van der Waals surface area contributed by atoms with Crippen molar-refractivity contribution in [3.05, 3.63) is 53.9 Å². The number of carboxylic acids is 1. The number of para-hydroxylation sites is 1. The van der Waals surface area contributed by atoms with Crippen molar-refractivity contribution in [2.24, 2.45) is 0 Å². The fraction of sp³-hybridized carbons (Fsp3) is 0.519. The van der Waals surface area contributed by atoms with Crippen molar-refractivity contribution in [1.82, 2.24) is 4.98 Å². The highest BCUT2D eigenvalue weighted by atomic mass is 16.6. The molecular formula is C27H36N2O6. The second kappa shape index (κ2) is 12.0. The Morgan fingerprint density at radius 3 is 2.49 bits per heavy atom. The quantitative estimate of drug-likeness (QED) is 0.455. The third-order valence-electron chi connectivity index (χ3n) is 5.93. The molecule has 0 radical (unpaired) electrons. The molecule has 2 aromatic rings. The first-order chi connectivity index (χ1) is 16.7. The van der Waals surface area contributed by atoms with Gasteiger partial charge >= 0.3 is 12.1 Å². The predicted molar refractivity (Wildman–Crippen MR) is 133 cm³/mol. The normalized spacial score (nSPS) is 19.0. The molecule has 2 N–H and O–H groups in total. The lowest BCUT2D eigenvalue weighted by Crippen LogP contribution is -2.28. The van der Waals surface area contributed by atoms with Crippen molar-refractivity contribution in [3.8, 4) is 5.75 Å². The SMILES string of the molecule is CCC(Oc1ccccc1C1CCC(OCc2ncccc2NC(=O)OC(C)(C)C)CC1)C(=O)O. The number of aromatic nitrogens is 1. The minimum Gasteiger partial charge on any atom is -0.479 e. The van der Waals surface area contributed by atoms with Crippen molar-refractivity contribution in [2.75, 3.05) is 5.32 Å². The smallest absolute Gasteiger partial charge is 0.412 e. The molecule has 3 rings (SSSR count). The first kappa shape index (κ1) is 26.5. The van der Waals surface area contributed by atoms with Crippen LogP contribution >= 0.6 is 0 Å². The monoisotopic (exact) mass is 484 g/mol. The number of pyridine rings is 1. The van der Waals surface area contributed by atoms with Gasteiger partial charge in [0.2, 0.25) is 0 Å². The van der Waals surface area contributed by atoms with E-state index in [1.807, 2.05) is 45.0 Å². The fourth-order valence-corrected chi connectivity index (χ4v) is 4.20. The lowest BCUT2D eigenvalue weighted by atomic mass is 9.82. The van der Waals surface area contributed by atoms with Crippen LogP contribution in [0.15, 0.2) is 42.6 Å². The van der Waals surface area contributed by atoms with E-state index in [1.165, 1.54) is 0 Å². The maximum Gasteiger partial charge on any atom is 0.412 e. The van der Waals surface area contributed by atoms with Crippen LogP contribution in [0.1, 0.15) is 77.0 Å². The van der Waals surface area contributed by atoms with E-state index >= 15 is 0 Å². The number of nitrogens with zero attached hydrogens (tertiary/aromatic N) is 1. The van der Waals surface area contributed by atoms with Gasteiger partial charge in [-0.3, -0.25) is 10.3 Å². The van der Waals surface area contributed by atoms with Gasteiger partial charge in [-0.2, -0.15) is 0 Å². The van der Waals surface area contributed by atoms with E-state index < -0.39 is 23.8 Å². The van der Waals surface area contributed by atoms with Crippen LogP contribution in [0.25, 0.3) is 0 Å². The Kier molecular flexibility index (Phi) is 9.09. The summed E-state index contributed by atoms with van der Waals surface area (Å²) in [5.41, 5.74) is 1.69. The number of carbonyl (C=O) groups is 2. The van der Waals surface area contributed by atoms with Gasteiger partial charge in [-0.15, -0.1) is 0 Å². The standard InChI is InChI=1S/C27H36N2O6/c1-5-23(25(30)31)34-24-11-7-6-9-20(24)18-12-14-19(15-13-18)33-17-22-21(10-8-16-28-22)29-26(32)35-27(2,3)4/h6-11,16,18-19,23H,5,12-15,17H2,1-4H3,(H,29,32)(H,30,31). The molecule has 1 aromatic heterocycles. The Bertz CT molecular complexity index is 995. The van der Waals surface area contributed by atoms with Crippen molar-refractivity contribution >= 4 is 17.7 Å². The van der Waals surface area contributed by atoms with Gasteiger partial charge in [-0.05, 0) is 82.6 Å². The summed E-state index contributed by atoms with van der Waals surface area (Å²) in [5, 5.41) is 12.1. The lowest BCUT2D eigenvalue weighted by molar-refractivity contribution is -0.145. The molecular weight excluding hydrogens is 448 g/mol. The highest BCUT2D eigenvalue weighted by Gasteiger charge is 2.27. The Hall–Kier alpha value is -3.13. The molecule has 1 fully saturated rings. The molecule has 1 saturated carbocycles. The van der Waals surface area contributed by atoms with Crippen LogP contribution in [-0.2, 0) is 20.9 Å². The fourth-order valence-electron chi connectivity index (χ4n) is 4.20. The molecule has 1 heterocycles. The molecule has 0 spiro atoms. The average Bonchev–Trinajstić information content (AvgIpc) is 2.81. The second-order valence-electron chi connectivity index (χ2n) is 9.80. The highest BCUT2D eigenvalue weighted by molar-refractivity contribution is 5.85. The highest BCUT2D eigenvalue weighted by Crippen LogP contribution is 2.39. The van der Waals surface area contributed by atoms with Gasteiger partial charge in [0, 0.05) is 6.20 Å². The molecule has 0 saturated heterocycles. The number of nitrogens with one attached hydrogen (secondary N) is 1. The third-order valence-corrected chi connectivity index (χ3v) is 5.93. The zero-order valence-corrected chi connectivity index (χ0v) is 21.0. The van der Waals surface area contributed by atoms with E-state index in [0.717, 1.165) is 31.2 Å². The van der Waals surface area contributed by atoms with E-state index in [-0.39, 0.29) is 18.6 Å². The zero-order valence-electron chi connectivity index (χ0n) is 21.0. The largest absolute Gasteiger partial charge is 0.479 e. The van der Waals surface area contributed by atoms with Gasteiger partial charge in [-0.1, -0.05) is 25.1 Å². The molecule has 1 unspecified atom stereocenters. The number of aliphatic carboxylic acids is 1.